The summed E-state index contributed by atoms with van der Waals surface area (Å²) in [5.41, 5.74) is 7.77. The van der Waals surface area contributed by atoms with Crippen LogP contribution in [0, 0.1) is 0 Å². The number of carbonyl (C=O) groups is 1. The minimum Gasteiger partial charge on any atom is -0.495 e. The lowest BCUT2D eigenvalue weighted by atomic mass is 10.1. The number of nitrogens with zero attached hydrogens (tertiary/aromatic N) is 2. The van der Waals surface area contributed by atoms with Crippen LogP contribution in [0.15, 0.2) is 34.6 Å². The molecular weight excluding hydrogens is 487 g/mol. The Morgan fingerprint density at radius 2 is 2.27 bits per heavy atom. The summed E-state index contributed by atoms with van der Waals surface area (Å²) < 4.78 is 5.10. The van der Waals surface area contributed by atoms with Crippen molar-refractivity contribution in [3.63, 3.8) is 0 Å². The molecule has 140 valence electrons. The summed E-state index contributed by atoms with van der Waals surface area (Å²) in [6.45, 7) is 1.39. The molecule has 2 aromatic rings. The smallest absolute Gasteiger partial charge is 0.244 e. The fourth-order valence-electron chi connectivity index (χ4n) is 2.65. The van der Waals surface area contributed by atoms with Crippen molar-refractivity contribution in [3.8, 4) is 5.75 Å². The van der Waals surface area contributed by atoms with Gasteiger partial charge in [0, 0.05) is 23.7 Å². The van der Waals surface area contributed by atoms with Crippen molar-refractivity contribution in [2.24, 2.45) is 10.7 Å². The lowest BCUT2D eigenvalue weighted by Gasteiger charge is -2.26. The fraction of sp³-hybridized carbons (Fsp3) is 0.294. The predicted molar refractivity (Wildman–Crippen MR) is 117 cm³/mol. The number of nitrogens with two attached hydrogens (primary N) is 1. The quantitative estimate of drug-likeness (QED) is 0.379. The van der Waals surface area contributed by atoms with E-state index >= 15 is 0 Å². The standard InChI is InChI=1S/C17H19ClN4O2S.HI/c1-24-14-3-2-12(8-13(14)18)21-17(19)20-9-16(23)22-6-4-15-11(10-22)5-7-25-15;/h2-3,5,7-8H,4,6,9-10H2,1H3,(H3,19,20,21);1H. The molecule has 1 aromatic carbocycles. The van der Waals surface area contributed by atoms with Gasteiger partial charge >= 0.3 is 0 Å². The number of benzene rings is 1. The fourth-order valence-corrected chi connectivity index (χ4v) is 3.79. The van der Waals surface area contributed by atoms with Crippen LogP contribution >= 0.6 is 46.9 Å². The molecule has 1 aromatic heterocycles. The van der Waals surface area contributed by atoms with Gasteiger partial charge in [-0.1, -0.05) is 11.6 Å². The number of halogens is 2. The highest BCUT2D eigenvalue weighted by molar-refractivity contribution is 14.0. The largest absolute Gasteiger partial charge is 0.495 e. The van der Waals surface area contributed by atoms with Crippen molar-refractivity contribution in [2.45, 2.75) is 13.0 Å². The Kier molecular flexibility index (Phi) is 7.54. The third-order valence-corrected chi connectivity index (χ3v) is 5.29. The minimum absolute atomic E-state index is 0. The highest BCUT2D eigenvalue weighted by Gasteiger charge is 2.21. The van der Waals surface area contributed by atoms with Crippen LogP contribution in [-0.2, 0) is 17.8 Å². The van der Waals surface area contributed by atoms with Gasteiger partial charge in [-0.3, -0.25) is 4.79 Å². The Morgan fingerprint density at radius 1 is 1.46 bits per heavy atom. The molecule has 0 spiro atoms. The zero-order valence-electron chi connectivity index (χ0n) is 14.2. The third kappa shape index (κ3) is 5.01. The molecule has 3 rings (SSSR count). The van der Waals surface area contributed by atoms with Crippen LogP contribution in [0.2, 0.25) is 5.02 Å². The minimum atomic E-state index is -0.0330. The van der Waals surface area contributed by atoms with E-state index in [0.717, 1.165) is 13.0 Å². The van der Waals surface area contributed by atoms with Gasteiger partial charge in [0.05, 0.1) is 12.1 Å². The zero-order chi connectivity index (χ0) is 17.8. The molecule has 0 fully saturated rings. The number of rotatable bonds is 4. The Labute approximate surface area is 178 Å². The number of amides is 1. The lowest BCUT2D eigenvalue weighted by molar-refractivity contribution is -0.130. The van der Waals surface area contributed by atoms with Crippen LogP contribution in [0.25, 0.3) is 0 Å². The second-order valence-electron chi connectivity index (χ2n) is 5.61. The van der Waals surface area contributed by atoms with Crippen molar-refractivity contribution in [3.05, 3.63) is 45.1 Å². The Hall–Kier alpha value is -1.52. The number of fused-ring (bicyclic) bond motifs is 1. The average molecular weight is 507 g/mol. The number of hydrogen-bond acceptors (Lipinski definition) is 4. The molecule has 1 amide bonds. The number of hydrogen-bond donors (Lipinski definition) is 2. The van der Waals surface area contributed by atoms with E-state index in [9.17, 15) is 4.79 Å². The van der Waals surface area contributed by atoms with Gasteiger partial charge in [-0.05, 0) is 41.6 Å². The molecule has 0 radical (unpaired) electrons. The summed E-state index contributed by atoms with van der Waals surface area (Å²) in [5.74, 6) is 0.716. The monoisotopic (exact) mass is 506 g/mol. The van der Waals surface area contributed by atoms with Gasteiger partial charge in [-0.25, -0.2) is 4.99 Å². The first-order valence-corrected chi connectivity index (χ1v) is 9.06. The van der Waals surface area contributed by atoms with Crippen molar-refractivity contribution < 1.29 is 9.53 Å². The molecule has 26 heavy (non-hydrogen) atoms. The van der Waals surface area contributed by atoms with E-state index in [1.165, 1.54) is 10.4 Å². The Bertz CT molecular complexity index is 812. The van der Waals surface area contributed by atoms with E-state index in [1.54, 1.807) is 36.6 Å². The number of nitrogens with one attached hydrogen (secondary N) is 1. The van der Waals surface area contributed by atoms with Crippen molar-refractivity contribution in [1.82, 2.24) is 4.90 Å². The van der Waals surface area contributed by atoms with E-state index in [1.807, 2.05) is 4.90 Å². The second kappa shape index (κ2) is 9.43. The third-order valence-electron chi connectivity index (χ3n) is 3.97. The zero-order valence-corrected chi connectivity index (χ0v) is 18.1. The number of thiophene rings is 1. The summed E-state index contributed by atoms with van der Waals surface area (Å²) in [6.07, 6.45) is 0.903. The molecule has 6 nitrogen and oxygen atoms in total. The molecule has 0 unspecified atom stereocenters. The topological polar surface area (TPSA) is 80.0 Å². The van der Waals surface area contributed by atoms with E-state index in [-0.39, 0.29) is 42.4 Å². The van der Waals surface area contributed by atoms with Crippen molar-refractivity contribution in [1.29, 1.82) is 0 Å². The lowest BCUT2D eigenvalue weighted by Crippen LogP contribution is -2.37. The average Bonchev–Trinajstić information content (AvgIpc) is 3.07. The Balaban J connectivity index is 0.00000243. The summed E-state index contributed by atoms with van der Waals surface area (Å²) in [5, 5.41) is 5.46. The van der Waals surface area contributed by atoms with Gasteiger partial charge in [0.1, 0.15) is 12.3 Å². The maximum absolute atomic E-state index is 12.3. The summed E-state index contributed by atoms with van der Waals surface area (Å²) >= 11 is 7.82. The van der Waals surface area contributed by atoms with Crippen molar-refractivity contribution in [2.75, 3.05) is 25.5 Å². The second-order valence-corrected chi connectivity index (χ2v) is 7.02. The molecule has 0 saturated heterocycles. The maximum atomic E-state index is 12.3. The van der Waals surface area contributed by atoms with Crippen LogP contribution < -0.4 is 15.8 Å². The SMILES string of the molecule is COc1ccc(NC(N)=NCC(=O)N2CCc3sccc3C2)cc1Cl.I. The van der Waals surface area contributed by atoms with Crippen LogP contribution in [0.1, 0.15) is 10.4 Å². The molecule has 0 aliphatic carbocycles. The summed E-state index contributed by atoms with van der Waals surface area (Å²) in [4.78, 5) is 19.6. The van der Waals surface area contributed by atoms with Gasteiger partial charge in [0.15, 0.2) is 5.96 Å². The molecule has 3 N–H and O–H groups in total. The number of methoxy groups -OCH3 is 1. The number of anilines is 1. The number of ether oxygens (including phenoxy) is 1. The van der Waals surface area contributed by atoms with Crippen LogP contribution in [0.3, 0.4) is 0 Å². The molecule has 1 aliphatic rings. The van der Waals surface area contributed by atoms with Crippen LogP contribution in [-0.4, -0.2) is 37.0 Å². The summed E-state index contributed by atoms with van der Waals surface area (Å²) in [6, 6.07) is 7.27. The molecule has 2 heterocycles. The number of carbonyl (C=O) groups excluding carboxylic acids is 1. The van der Waals surface area contributed by atoms with Gasteiger partial charge in [-0.15, -0.1) is 35.3 Å². The van der Waals surface area contributed by atoms with Crippen molar-refractivity contribution >= 4 is 64.5 Å². The van der Waals surface area contributed by atoms with E-state index in [4.69, 9.17) is 22.1 Å². The number of aliphatic imine (C=N–C) groups is 1. The first kappa shape index (κ1) is 20.8. The molecule has 0 bridgehead atoms. The van der Waals surface area contributed by atoms with Gasteiger partial charge < -0.3 is 20.7 Å². The van der Waals surface area contributed by atoms with Crippen LogP contribution in [0.4, 0.5) is 5.69 Å². The summed E-state index contributed by atoms with van der Waals surface area (Å²) in [7, 11) is 1.55. The normalized spacial score (nSPS) is 13.6. The van der Waals surface area contributed by atoms with Crippen LogP contribution in [0.5, 0.6) is 5.75 Å². The maximum Gasteiger partial charge on any atom is 0.244 e. The first-order valence-electron chi connectivity index (χ1n) is 7.80. The van der Waals surface area contributed by atoms with E-state index in [2.05, 4.69) is 21.8 Å². The highest BCUT2D eigenvalue weighted by atomic mass is 127. The predicted octanol–water partition coefficient (Wildman–Crippen LogP) is 3.34. The van der Waals surface area contributed by atoms with Gasteiger partial charge in [0.25, 0.3) is 0 Å². The number of guanidine groups is 1. The van der Waals surface area contributed by atoms with Gasteiger partial charge in [0.2, 0.25) is 5.91 Å². The highest BCUT2D eigenvalue weighted by Crippen LogP contribution is 2.27. The first-order chi connectivity index (χ1) is 12.1. The molecule has 1 aliphatic heterocycles. The van der Waals surface area contributed by atoms with E-state index in [0.29, 0.717) is 23.0 Å². The van der Waals surface area contributed by atoms with E-state index < -0.39 is 0 Å². The Morgan fingerprint density at radius 3 is 3.00 bits per heavy atom. The van der Waals surface area contributed by atoms with Gasteiger partial charge in [-0.2, -0.15) is 0 Å². The molecule has 0 saturated carbocycles. The molecular formula is C17H20ClIN4O2S. The molecule has 9 heteroatoms. The molecule has 0 atom stereocenters.